The molecule has 6 heterocycles. The van der Waals surface area contributed by atoms with E-state index in [-0.39, 0.29) is 65.0 Å². The van der Waals surface area contributed by atoms with Gasteiger partial charge in [-0.05, 0) is 49.6 Å². The van der Waals surface area contributed by atoms with Crippen LogP contribution in [0.5, 0.6) is 0 Å². The maximum Gasteiger partial charge on any atom is 0.355 e. The van der Waals surface area contributed by atoms with E-state index in [0.29, 0.717) is 41.3 Å². The van der Waals surface area contributed by atoms with Crippen LogP contribution in [-0.2, 0) is 17.8 Å². The number of carbonyl (C=O) groups excluding carboxylic acids is 1. The van der Waals surface area contributed by atoms with Crippen LogP contribution in [0, 0.1) is 11.6 Å². The summed E-state index contributed by atoms with van der Waals surface area (Å²) < 4.78 is 35.2. The van der Waals surface area contributed by atoms with E-state index in [2.05, 4.69) is 26.9 Å². The molecular weight excluding hydrogens is 604 g/mol. The van der Waals surface area contributed by atoms with Gasteiger partial charge in [0.15, 0.2) is 5.65 Å². The molecule has 0 spiro atoms. The Labute approximate surface area is 269 Å². The van der Waals surface area contributed by atoms with E-state index in [1.165, 1.54) is 22.8 Å². The number of rotatable bonds is 3. The molecule has 0 aliphatic carbocycles. The molecule has 7 rings (SSSR count). The number of hydrogen-bond donors (Lipinski definition) is 0. The summed E-state index contributed by atoms with van der Waals surface area (Å²) in [5.41, 5.74) is 2.17. The van der Waals surface area contributed by atoms with E-state index in [9.17, 15) is 9.59 Å². The number of pyridine rings is 2. The number of nitrogens with zero attached hydrogens (tertiary/aromatic N) is 9. The van der Waals surface area contributed by atoms with Crippen LogP contribution in [0.1, 0.15) is 56.1 Å². The van der Waals surface area contributed by atoms with E-state index in [0.717, 1.165) is 0 Å². The van der Waals surface area contributed by atoms with Crippen molar-refractivity contribution in [3.8, 4) is 16.9 Å². The number of anilines is 1. The first-order chi connectivity index (χ1) is 22.6. The van der Waals surface area contributed by atoms with E-state index >= 15 is 8.78 Å². The first kappa shape index (κ1) is 30.3. The first-order valence-corrected chi connectivity index (χ1v) is 15.5. The van der Waals surface area contributed by atoms with Gasteiger partial charge in [0.25, 0.3) is 0 Å². The van der Waals surface area contributed by atoms with Gasteiger partial charge < -0.3 is 9.80 Å². The topological polar surface area (TPSA) is 115 Å². The molecule has 2 aliphatic heterocycles. The normalized spacial score (nSPS) is 17.6. The SMILES string of the molecule is C=CC(=O)N1C(C)CN(c2nc(=O)n3c4nc(c(F)cc24)-c2c(F)cccc2Cc2cnnn2Cc2ccnc(C(C)C)c2-3)CC1C. The van der Waals surface area contributed by atoms with Crippen LogP contribution in [0.3, 0.4) is 0 Å². The smallest absolute Gasteiger partial charge is 0.352 e. The third-order valence-corrected chi connectivity index (χ3v) is 8.98. The van der Waals surface area contributed by atoms with Crippen molar-refractivity contribution in [1.82, 2.24) is 39.4 Å². The number of halogens is 2. The zero-order chi connectivity index (χ0) is 33.1. The zero-order valence-electron chi connectivity index (χ0n) is 26.5. The van der Waals surface area contributed by atoms with Gasteiger partial charge >= 0.3 is 5.69 Å². The Balaban J connectivity index is 1.57. The van der Waals surface area contributed by atoms with E-state index in [4.69, 9.17) is 4.98 Å². The molecule has 2 aliphatic rings. The summed E-state index contributed by atoms with van der Waals surface area (Å²) in [7, 11) is 0. The van der Waals surface area contributed by atoms with Gasteiger partial charge in [-0.3, -0.25) is 9.78 Å². The highest BCUT2D eigenvalue weighted by atomic mass is 19.1. The molecule has 47 heavy (non-hydrogen) atoms. The average molecular weight is 638 g/mol. The van der Waals surface area contributed by atoms with Gasteiger partial charge in [-0.1, -0.05) is 37.8 Å². The van der Waals surface area contributed by atoms with Crippen molar-refractivity contribution in [2.45, 2.75) is 58.7 Å². The van der Waals surface area contributed by atoms with Gasteiger partial charge in [0, 0.05) is 48.9 Å². The molecular formula is C34H33F2N9O2. The standard InChI is InChI=1S/C34H33F2N9O2/c1-6-27(46)44-19(4)15-42(16-20(44)5)32-24-13-26(36)30-28-21(8-7-9-25(28)35)12-23-14-38-41-43(23)17-22-10-11-37-29(18(2)3)31(22)45(33(24)39-30)34(47)40-32/h6-11,13-14,18-20H,1,12,15-17H2,2-5H3. The molecule has 0 saturated carbocycles. The molecule has 2 atom stereocenters. The molecule has 0 radical (unpaired) electrons. The van der Waals surface area contributed by atoms with Gasteiger partial charge in [0.2, 0.25) is 5.91 Å². The number of aromatic nitrogens is 7. The average Bonchev–Trinajstić information content (AvgIpc) is 3.46. The van der Waals surface area contributed by atoms with Gasteiger partial charge in [0.05, 0.1) is 35.2 Å². The van der Waals surface area contributed by atoms with Crippen LogP contribution in [0.2, 0.25) is 0 Å². The fourth-order valence-corrected chi connectivity index (χ4v) is 6.97. The Bertz CT molecular complexity index is 2130. The minimum absolute atomic E-state index is 0.00752. The summed E-state index contributed by atoms with van der Waals surface area (Å²) in [6.45, 7) is 12.3. The molecule has 2 bridgehead atoms. The number of benzene rings is 1. The van der Waals surface area contributed by atoms with Crippen molar-refractivity contribution < 1.29 is 13.6 Å². The monoisotopic (exact) mass is 637 g/mol. The van der Waals surface area contributed by atoms with Crippen molar-refractivity contribution in [2.24, 2.45) is 0 Å². The molecule has 13 heteroatoms. The Morgan fingerprint density at radius 1 is 1.06 bits per heavy atom. The third kappa shape index (κ3) is 4.97. The number of hydrogen-bond acceptors (Lipinski definition) is 8. The molecule has 1 fully saturated rings. The van der Waals surface area contributed by atoms with Crippen molar-refractivity contribution in [2.75, 3.05) is 18.0 Å². The van der Waals surface area contributed by atoms with Crippen LogP contribution in [0.25, 0.3) is 28.0 Å². The van der Waals surface area contributed by atoms with Crippen LogP contribution in [0.15, 0.2) is 60.2 Å². The van der Waals surface area contributed by atoms with Gasteiger partial charge in [-0.25, -0.2) is 27.8 Å². The summed E-state index contributed by atoms with van der Waals surface area (Å²) in [5, 5.41) is 8.69. The largest absolute Gasteiger partial charge is 0.355 e. The van der Waals surface area contributed by atoms with E-state index in [1.807, 2.05) is 38.7 Å². The summed E-state index contributed by atoms with van der Waals surface area (Å²) in [6, 6.07) is 7.13. The summed E-state index contributed by atoms with van der Waals surface area (Å²) in [4.78, 5) is 44.6. The predicted octanol–water partition coefficient (Wildman–Crippen LogP) is 4.40. The van der Waals surface area contributed by atoms with Crippen LogP contribution in [0.4, 0.5) is 14.6 Å². The lowest BCUT2D eigenvalue weighted by Crippen LogP contribution is -2.58. The first-order valence-electron chi connectivity index (χ1n) is 15.5. The second kappa shape index (κ2) is 11.5. The van der Waals surface area contributed by atoms with E-state index in [1.54, 1.807) is 34.1 Å². The summed E-state index contributed by atoms with van der Waals surface area (Å²) in [5.74, 6) is -1.50. The highest BCUT2D eigenvalue weighted by molar-refractivity contribution is 5.91. The van der Waals surface area contributed by atoms with Gasteiger partial charge in [-0.15, -0.1) is 5.10 Å². The van der Waals surface area contributed by atoms with Crippen molar-refractivity contribution in [3.05, 3.63) is 100 Å². The van der Waals surface area contributed by atoms with E-state index < -0.39 is 17.3 Å². The molecule has 4 aromatic heterocycles. The Morgan fingerprint density at radius 3 is 2.55 bits per heavy atom. The molecule has 5 aromatic rings. The van der Waals surface area contributed by atoms with Crippen molar-refractivity contribution in [3.63, 3.8) is 0 Å². The zero-order valence-corrected chi connectivity index (χ0v) is 26.5. The predicted molar refractivity (Wildman–Crippen MR) is 172 cm³/mol. The van der Waals surface area contributed by atoms with Crippen LogP contribution >= 0.6 is 0 Å². The van der Waals surface area contributed by atoms with Crippen LogP contribution < -0.4 is 10.6 Å². The minimum atomic E-state index is -0.766. The molecule has 1 aromatic carbocycles. The third-order valence-electron chi connectivity index (χ3n) is 8.98. The Kier molecular flexibility index (Phi) is 7.41. The number of fused-ring (bicyclic) bond motifs is 6. The molecule has 0 N–H and O–H groups in total. The lowest BCUT2D eigenvalue weighted by atomic mass is 9.98. The lowest BCUT2D eigenvalue weighted by molar-refractivity contribution is -0.130. The fraction of sp³-hybridized carbons (Fsp3) is 0.324. The van der Waals surface area contributed by atoms with Gasteiger partial charge in [-0.2, -0.15) is 4.98 Å². The van der Waals surface area contributed by atoms with Gasteiger partial charge in [0.1, 0.15) is 23.1 Å². The second-order valence-electron chi connectivity index (χ2n) is 12.5. The molecule has 1 amide bonds. The Hall–Kier alpha value is -5.33. The molecule has 240 valence electrons. The van der Waals surface area contributed by atoms with Crippen molar-refractivity contribution in [1.29, 1.82) is 0 Å². The van der Waals surface area contributed by atoms with Crippen molar-refractivity contribution >= 4 is 22.8 Å². The lowest BCUT2D eigenvalue weighted by Gasteiger charge is -2.44. The molecule has 1 saturated heterocycles. The highest BCUT2D eigenvalue weighted by Crippen LogP contribution is 2.36. The number of amides is 1. The summed E-state index contributed by atoms with van der Waals surface area (Å²) in [6.07, 6.45) is 4.77. The maximum absolute atomic E-state index is 16.4. The Morgan fingerprint density at radius 2 is 1.83 bits per heavy atom. The minimum Gasteiger partial charge on any atom is -0.352 e. The van der Waals surface area contributed by atoms with Crippen LogP contribution in [-0.4, -0.2) is 70.5 Å². The molecule has 11 nitrogen and oxygen atoms in total. The number of piperazine rings is 1. The number of carbonyl (C=O) groups is 1. The molecule has 2 unspecified atom stereocenters. The second-order valence-corrected chi connectivity index (χ2v) is 12.5. The summed E-state index contributed by atoms with van der Waals surface area (Å²) >= 11 is 0. The maximum atomic E-state index is 16.4. The quantitative estimate of drug-likeness (QED) is 0.263. The fourth-order valence-electron chi connectivity index (χ4n) is 6.97. The highest BCUT2D eigenvalue weighted by Gasteiger charge is 2.35.